The summed E-state index contributed by atoms with van der Waals surface area (Å²) in [6.45, 7) is 0.542. The van der Waals surface area contributed by atoms with Crippen LogP contribution in [0.2, 0.25) is 0 Å². The first-order valence-electron chi connectivity index (χ1n) is 8.87. The van der Waals surface area contributed by atoms with Gasteiger partial charge in [0.25, 0.3) is 0 Å². The zero-order valence-corrected chi connectivity index (χ0v) is 16.3. The van der Waals surface area contributed by atoms with Crippen molar-refractivity contribution >= 4 is 54.6 Å². The average Bonchev–Trinajstić information content (AvgIpc) is 3.25. The van der Waals surface area contributed by atoms with Crippen LogP contribution in [0, 0.1) is 5.92 Å². The van der Waals surface area contributed by atoms with Crippen molar-refractivity contribution in [2.75, 3.05) is 11.9 Å². The Kier molecular flexibility index (Phi) is 4.23. The number of aromatic nitrogens is 3. The highest BCUT2D eigenvalue weighted by atomic mass is 32.1. The second kappa shape index (κ2) is 6.90. The quantitative estimate of drug-likeness (QED) is 0.287. The molecule has 1 aliphatic rings. The van der Waals surface area contributed by atoms with Crippen LogP contribution in [-0.4, -0.2) is 21.5 Å². The monoisotopic (exact) mass is 409 g/mol. The molecule has 28 heavy (non-hydrogen) atoms. The smallest absolute Gasteiger partial charge is 0.305 e. The van der Waals surface area contributed by atoms with Crippen molar-refractivity contribution in [1.29, 1.82) is 0 Å². The van der Waals surface area contributed by atoms with Crippen LogP contribution in [0.1, 0.15) is 16.9 Å². The summed E-state index contributed by atoms with van der Waals surface area (Å²) in [6, 6.07) is 5.80. The van der Waals surface area contributed by atoms with Gasteiger partial charge in [-0.25, -0.2) is 9.97 Å². The normalized spacial score (nSPS) is 16.1. The molecule has 1 aliphatic carbocycles. The lowest BCUT2D eigenvalue weighted by molar-refractivity contribution is 0.475. The molecule has 0 spiro atoms. The summed E-state index contributed by atoms with van der Waals surface area (Å²) < 4.78 is 0.911. The number of azide groups is 1. The number of aromatic amines is 1. The van der Waals surface area contributed by atoms with Crippen LogP contribution in [0.25, 0.3) is 30.9 Å². The van der Waals surface area contributed by atoms with E-state index in [0.717, 1.165) is 51.2 Å². The number of anilines is 2. The number of hydrogen-bond acceptors (Lipinski definition) is 7. The van der Waals surface area contributed by atoms with Crippen LogP contribution in [0.5, 0.6) is 0 Å². The molecule has 0 saturated heterocycles. The lowest BCUT2D eigenvalue weighted by Crippen LogP contribution is -2.15. The van der Waals surface area contributed by atoms with E-state index in [2.05, 4.69) is 30.3 Å². The van der Waals surface area contributed by atoms with Crippen molar-refractivity contribution in [3.05, 3.63) is 55.1 Å². The third-order valence-electron chi connectivity index (χ3n) is 5.03. The fourth-order valence-electron chi connectivity index (χ4n) is 3.74. The number of H-pyrrole nitrogens is 1. The van der Waals surface area contributed by atoms with Crippen molar-refractivity contribution in [1.82, 2.24) is 15.0 Å². The molecule has 0 unspecified atom stereocenters. The van der Waals surface area contributed by atoms with Crippen molar-refractivity contribution in [3.63, 3.8) is 0 Å². The van der Waals surface area contributed by atoms with Gasteiger partial charge in [-0.3, -0.25) is 4.79 Å². The lowest BCUT2D eigenvalue weighted by atomic mass is 9.88. The molecule has 10 heteroatoms. The van der Waals surface area contributed by atoms with Gasteiger partial charge in [0.1, 0.15) is 17.0 Å². The molecular formula is C18H15N7OS2. The van der Waals surface area contributed by atoms with Gasteiger partial charge in [-0.1, -0.05) is 16.5 Å². The van der Waals surface area contributed by atoms with E-state index in [0.29, 0.717) is 12.5 Å². The van der Waals surface area contributed by atoms with Gasteiger partial charge < -0.3 is 10.3 Å². The van der Waals surface area contributed by atoms with Crippen LogP contribution >= 0.6 is 22.7 Å². The fourth-order valence-corrected chi connectivity index (χ4v) is 5.82. The first-order valence-corrected chi connectivity index (χ1v) is 10.5. The van der Waals surface area contributed by atoms with Crippen LogP contribution in [0.4, 0.5) is 11.5 Å². The molecule has 0 fully saturated rings. The van der Waals surface area contributed by atoms with E-state index in [4.69, 9.17) is 5.53 Å². The van der Waals surface area contributed by atoms with Crippen LogP contribution in [0.15, 0.2) is 34.4 Å². The Balaban J connectivity index is 1.52. The van der Waals surface area contributed by atoms with Gasteiger partial charge >= 0.3 is 4.87 Å². The van der Waals surface area contributed by atoms with Gasteiger partial charge in [-0.05, 0) is 54.5 Å². The molecule has 0 saturated carbocycles. The second-order valence-electron chi connectivity index (χ2n) is 6.78. The van der Waals surface area contributed by atoms with Gasteiger partial charge in [-0.2, -0.15) is 0 Å². The van der Waals surface area contributed by atoms with Gasteiger partial charge in [0.05, 0.1) is 15.6 Å². The fraction of sp³-hybridized carbons (Fsp3) is 0.278. The maximum Gasteiger partial charge on any atom is 0.305 e. The number of hydrogen-bond donors (Lipinski definition) is 2. The SMILES string of the molecule is [N-]=[N+]=NC[C@@H]1CCc2c(sc3ncnc(Nc4ccc5[nH]c(=O)sc5c4)c23)C1. The molecule has 0 bridgehead atoms. The molecule has 2 N–H and O–H groups in total. The average molecular weight is 410 g/mol. The van der Waals surface area contributed by atoms with E-state index in [9.17, 15) is 4.79 Å². The molecule has 5 rings (SSSR count). The number of benzene rings is 1. The van der Waals surface area contributed by atoms with Crippen molar-refractivity contribution in [3.8, 4) is 0 Å². The van der Waals surface area contributed by atoms with Crippen LogP contribution in [-0.2, 0) is 12.8 Å². The molecule has 0 radical (unpaired) electrons. The zero-order valence-electron chi connectivity index (χ0n) is 14.7. The summed E-state index contributed by atoms with van der Waals surface area (Å²) >= 11 is 2.89. The predicted octanol–water partition coefficient (Wildman–Crippen LogP) is 4.75. The molecule has 1 atom stereocenters. The number of thiazole rings is 1. The molecular weight excluding hydrogens is 394 g/mol. The number of nitrogens with one attached hydrogen (secondary N) is 2. The molecule has 0 aliphatic heterocycles. The highest BCUT2D eigenvalue weighted by molar-refractivity contribution is 7.19. The van der Waals surface area contributed by atoms with Crippen LogP contribution in [0.3, 0.4) is 0 Å². The minimum Gasteiger partial charge on any atom is -0.340 e. The minimum atomic E-state index is -0.0567. The Bertz CT molecular complexity index is 1300. The first-order chi connectivity index (χ1) is 13.7. The Labute approximate surface area is 166 Å². The molecule has 8 nitrogen and oxygen atoms in total. The Hall–Kier alpha value is -2.94. The summed E-state index contributed by atoms with van der Waals surface area (Å²) in [5, 5.41) is 8.23. The number of nitrogens with zero attached hydrogens (tertiary/aromatic N) is 5. The summed E-state index contributed by atoms with van der Waals surface area (Å²) in [6.07, 6.45) is 4.42. The van der Waals surface area contributed by atoms with Crippen molar-refractivity contribution in [2.45, 2.75) is 19.3 Å². The zero-order chi connectivity index (χ0) is 19.1. The molecule has 3 heterocycles. The van der Waals surface area contributed by atoms with Gasteiger partial charge in [0.2, 0.25) is 0 Å². The van der Waals surface area contributed by atoms with Crippen molar-refractivity contribution < 1.29 is 0 Å². The van der Waals surface area contributed by atoms with Crippen molar-refractivity contribution in [2.24, 2.45) is 11.0 Å². The molecule has 0 amide bonds. The Morgan fingerprint density at radius 3 is 3.18 bits per heavy atom. The van der Waals surface area contributed by atoms with E-state index in [-0.39, 0.29) is 4.87 Å². The predicted molar refractivity (Wildman–Crippen MR) is 113 cm³/mol. The summed E-state index contributed by atoms with van der Waals surface area (Å²) in [5.41, 5.74) is 11.6. The summed E-state index contributed by atoms with van der Waals surface area (Å²) in [4.78, 5) is 28.4. The van der Waals surface area contributed by atoms with Crippen LogP contribution < -0.4 is 10.2 Å². The number of aryl methyl sites for hydroxylation is 1. The number of thiophene rings is 1. The minimum absolute atomic E-state index is 0.0567. The molecule has 140 valence electrons. The number of fused-ring (bicyclic) bond motifs is 4. The summed E-state index contributed by atoms with van der Waals surface area (Å²) in [5.74, 6) is 1.18. The Morgan fingerprint density at radius 2 is 2.29 bits per heavy atom. The second-order valence-corrected chi connectivity index (χ2v) is 8.88. The maximum atomic E-state index is 11.5. The number of rotatable bonds is 4. The van der Waals surface area contributed by atoms with E-state index < -0.39 is 0 Å². The van der Waals surface area contributed by atoms with E-state index in [1.165, 1.54) is 21.8 Å². The third kappa shape index (κ3) is 3.01. The van der Waals surface area contributed by atoms with E-state index in [1.807, 2.05) is 18.2 Å². The molecule has 4 aromatic rings. The maximum absolute atomic E-state index is 11.5. The third-order valence-corrected chi connectivity index (χ3v) is 7.04. The molecule has 1 aromatic carbocycles. The standard InChI is InChI=1S/C18H15N7OS2/c19-25-22-7-9-1-3-11-13(5-9)27-17-15(11)16(20-8-21-17)23-10-2-4-12-14(6-10)28-18(26)24-12/h2,4,6,8-9H,1,3,5,7H2,(H,24,26)(H,20,21,23)/t9-/m1/s1. The van der Waals surface area contributed by atoms with Gasteiger partial charge in [-0.15, -0.1) is 11.3 Å². The Morgan fingerprint density at radius 1 is 1.36 bits per heavy atom. The summed E-state index contributed by atoms with van der Waals surface area (Å²) in [7, 11) is 0. The van der Waals surface area contributed by atoms with E-state index in [1.54, 1.807) is 17.7 Å². The molecule has 3 aromatic heterocycles. The lowest BCUT2D eigenvalue weighted by Gasteiger charge is -2.20. The van der Waals surface area contributed by atoms with E-state index >= 15 is 0 Å². The highest BCUT2D eigenvalue weighted by Gasteiger charge is 2.24. The van der Waals surface area contributed by atoms with Gasteiger partial charge in [0.15, 0.2) is 0 Å². The largest absolute Gasteiger partial charge is 0.340 e. The van der Waals surface area contributed by atoms with Gasteiger partial charge in [0, 0.05) is 22.0 Å². The highest BCUT2D eigenvalue weighted by Crippen LogP contribution is 2.40. The first kappa shape index (κ1) is 17.2. The topological polar surface area (TPSA) is 119 Å².